The van der Waals surface area contributed by atoms with E-state index < -0.39 is 0 Å². The zero-order chi connectivity index (χ0) is 14.4. The predicted molar refractivity (Wildman–Crippen MR) is 79.9 cm³/mol. The van der Waals surface area contributed by atoms with E-state index in [1.54, 1.807) is 11.3 Å². The van der Waals surface area contributed by atoms with Crippen LogP contribution in [0.2, 0.25) is 0 Å². The van der Waals surface area contributed by atoms with Crippen LogP contribution < -0.4 is 10.2 Å². The summed E-state index contributed by atoms with van der Waals surface area (Å²) in [7, 11) is -0.312. The maximum absolute atomic E-state index is 6.04. The van der Waals surface area contributed by atoms with Gasteiger partial charge in [-0.1, -0.05) is 0 Å². The van der Waals surface area contributed by atoms with Crippen molar-refractivity contribution in [2.75, 3.05) is 13.2 Å². The second-order valence-corrected chi connectivity index (χ2v) is 7.26. The van der Waals surface area contributed by atoms with E-state index >= 15 is 0 Å². The van der Waals surface area contributed by atoms with Gasteiger partial charge in [-0.3, -0.25) is 0 Å². The highest BCUT2D eigenvalue weighted by Crippen LogP contribution is 2.37. The van der Waals surface area contributed by atoms with Gasteiger partial charge in [-0.2, -0.15) is 0 Å². The van der Waals surface area contributed by atoms with Crippen LogP contribution in [-0.2, 0) is 14.0 Å². The molecule has 0 N–H and O–H groups in total. The van der Waals surface area contributed by atoms with E-state index in [4.69, 9.17) is 18.8 Å². The van der Waals surface area contributed by atoms with Crippen molar-refractivity contribution in [3.05, 3.63) is 11.4 Å². The van der Waals surface area contributed by atoms with E-state index in [1.807, 2.05) is 11.4 Å². The van der Waals surface area contributed by atoms with E-state index in [2.05, 4.69) is 27.7 Å². The molecule has 20 heavy (non-hydrogen) atoms. The van der Waals surface area contributed by atoms with Crippen molar-refractivity contribution >= 4 is 23.9 Å². The first-order valence-corrected chi connectivity index (χ1v) is 7.94. The van der Waals surface area contributed by atoms with Gasteiger partial charge >= 0.3 is 7.12 Å². The summed E-state index contributed by atoms with van der Waals surface area (Å²) in [6.07, 6.45) is 1.14. The number of thiophene rings is 1. The molecular formula is C14H21BO4S. The lowest BCUT2D eigenvalue weighted by Crippen LogP contribution is -2.41. The number of hydrogen-bond acceptors (Lipinski definition) is 5. The van der Waals surface area contributed by atoms with E-state index in [0.29, 0.717) is 6.61 Å². The number of hydrogen-bond donors (Lipinski definition) is 0. The van der Waals surface area contributed by atoms with Crippen molar-refractivity contribution in [3.8, 4) is 5.06 Å². The lowest BCUT2D eigenvalue weighted by Gasteiger charge is -2.32. The summed E-state index contributed by atoms with van der Waals surface area (Å²) in [5.41, 5.74) is 0.419. The van der Waals surface area contributed by atoms with Gasteiger partial charge in [-0.05, 0) is 44.6 Å². The Bertz CT molecular complexity index is 463. The van der Waals surface area contributed by atoms with Crippen LogP contribution in [0, 0.1) is 0 Å². The molecule has 2 aliphatic heterocycles. The molecule has 0 amide bonds. The molecule has 3 rings (SSSR count). The molecule has 0 saturated carbocycles. The van der Waals surface area contributed by atoms with Crippen molar-refractivity contribution in [2.24, 2.45) is 0 Å². The Morgan fingerprint density at radius 1 is 1.25 bits per heavy atom. The highest BCUT2D eigenvalue weighted by atomic mass is 32.1. The molecule has 0 aromatic carbocycles. The fraction of sp³-hybridized carbons (Fsp3) is 0.714. The molecule has 0 radical (unpaired) electrons. The fourth-order valence-electron chi connectivity index (χ4n) is 2.26. The first-order chi connectivity index (χ1) is 9.37. The maximum atomic E-state index is 6.04. The van der Waals surface area contributed by atoms with Crippen LogP contribution in [0.3, 0.4) is 0 Å². The van der Waals surface area contributed by atoms with Crippen molar-refractivity contribution < 1.29 is 18.8 Å². The van der Waals surface area contributed by atoms with Crippen molar-refractivity contribution in [3.63, 3.8) is 0 Å². The second-order valence-electron chi connectivity index (χ2n) is 6.39. The Balaban J connectivity index is 1.68. The normalized spacial score (nSPS) is 28.0. The fourth-order valence-corrected chi connectivity index (χ4v) is 3.09. The van der Waals surface area contributed by atoms with Gasteiger partial charge in [0.25, 0.3) is 0 Å². The number of rotatable bonds is 3. The lowest BCUT2D eigenvalue weighted by atomic mass is 9.81. The summed E-state index contributed by atoms with van der Waals surface area (Å²) >= 11 is 1.59. The van der Waals surface area contributed by atoms with E-state index in [9.17, 15) is 0 Å². The molecule has 2 saturated heterocycles. The van der Waals surface area contributed by atoms with Crippen molar-refractivity contribution in [1.29, 1.82) is 0 Å². The molecule has 110 valence electrons. The molecule has 1 aromatic heterocycles. The Hall–Kier alpha value is -0.555. The third-order valence-electron chi connectivity index (χ3n) is 4.29. The molecule has 3 heterocycles. The quantitative estimate of drug-likeness (QED) is 0.801. The first kappa shape index (κ1) is 14.4. The molecule has 0 aliphatic carbocycles. The Labute approximate surface area is 124 Å². The third kappa shape index (κ3) is 2.62. The van der Waals surface area contributed by atoms with Gasteiger partial charge in [0.15, 0.2) is 5.06 Å². The van der Waals surface area contributed by atoms with Gasteiger partial charge < -0.3 is 18.8 Å². The SMILES string of the molecule is CC1(C)OB(c2csc(O[C@H]3CCOC3)c2)OC1(C)C. The van der Waals surface area contributed by atoms with Crippen LogP contribution in [0.5, 0.6) is 5.06 Å². The zero-order valence-electron chi connectivity index (χ0n) is 12.5. The smallest absolute Gasteiger partial charge is 0.478 e. The van der Waals surface area contributed by atoms with Gasteiger partial charge in [0.05, 0.1) is 24.4 Å². The summed E-state index contributed by atoms with van der Waals surface area (Å²) in [5, 5.41) is 2.96. The second kappa shape index (κ2) is 5.02. The molecule has 1 atom stereocenters. The van der Waals surface area contributed by atoms with E-state index in [0.717, 1.165) is 23.6 Å². The van der Waals surface area contributed by atoms with E-state index in [-0.39, 0.29) is 24.4 Å². The Kier molecular flexibility index (Phi) is 3.61. The minimum atomic E-state index is -0.312. The van der Waals surface area contributed by atoms with Gasteiger partial charge in [-0.25, -0.2) is 0 Å². The molecular weight excluding hydrogens is 275 g/mol. The summed E-state index contributed by atoms with van der Waals surface area (Å²) in [6, 6.07) is 2.02. The molecule has 1 aromatic rings. The summed E-state index contributed by atoms with van der Waals surface area (Å²) in [5.74, 6) is 0. The van der Waals surface area contributed by atoms with Crippen LogP contribution in [0.25, 0.3) is 0 Å². The average Bonchev–Trinajstić information content (AvgIpc) is 3.02. The van der Waals surface area contributed by atoms with E-state index in [1.165, 1.54) is 0 Å². The molecule has 2 aliphatic rings. The third-order valence-corrected chi connectivity index (χ3v) is 5.13. The summed E-state index contributed by atoms with van der Waals surface area (Å²) in [6.45, 7) is 9.72. The molecule has 0 bridgehead atoms. The highest BCUT2D eigenvalue weighted by molar-refractivity contribution is 7.13. The minimum Gasteiger partial charge on any atom is -0.478 e. The van der Waals surface area contributed by atoms with Crippen molar-refractivity contribution in [2.45, 2.75) is 51.4 Å². The van der Waals surface area contributed by atoms with Crippen LogP contribution in [0.4, 0.5) is 0 Å². The zero-order valence-corrected chi connectivity index (χ0v) is 13.3. The summed E-state index contributed by atoms with van der Waals surface area (Å²) in [4.78, 5) is 0. The molecule has 0 unspecified atom stereocenters. The largest absolute Gasteiger partial charge is 0.495 e. The Morgan fingerprint density at radius 2 is 1.95 bits per heavy atom. The molecule has 4 nitrogen and oxygen atoms in total. The first-order valence-electron chi connectivity index (χ1n) is 7.06. The van der Waals surface area contributed by atoms with Gasteiger partial charge in [0.2, 0.25) is 0 Å². The monoisotopic (exact) mass is 296 g/mol. The lowest BCUT2D eigenvalue weighted by molar-refractivity contribution is 0.00578. The Morgan fingerprint density at radius 3 is 2.55 bits per heavy atom. The van der Waals surface area contributed by atoms with Gasteiger partial charge in [0, 0.05) is 6.42 Å². The van der Waals surface area contributed by atoms with Crippen molar-refractivity contribution in [1.82, 2.24) is 0 Å². The topological polar surface area (TPSA) is 36.9 Å². The average molecular weight is 296 g/mol. The summed E-state index contributed by atoms with van der Waals surface area (Å²) < 4.78 is 23.3. The minimum absolute atomic E-state index is 0.180. The van der Waals surface area contributed by atoms with Crippen LogP contribution in [0.1, 0.15) is 34.1 Å². The van der Waals surface area contributed by atoms with Crippen LogP contribution in [0.15, 0.2) is 11.4 Å². The van der Waals surface area contributed by atoms with Gasteiger partial charge in [0.1, 0.15) is 6.10 Å². The molecule has 0 spiro atoms. The maximum Gasteiger partial charge on any atom is 0.495 e. The standard InChI is InChI=1S/C14H21BO4S/c1-13(2)14(3,4)19-15(18-13)10-7-12(20-9-10)17-11-5-6-16-8-11/h7,9,11H,5-6,8H2,1-4H3/t11-/m0/s1. The molecule has 2 fully saturated rings. The van der Waals surface area contributed by atoms with Gasteiger partial charge in [-0.15, -0.1) is 11.3 Å². The van der Waals surface area contributed by atoms with Crippen LogP contribution >= 0.6 is 11.3 Å². The highest BCUT2D eigenvalue weighted by Gasteiger charge is 2.52. The molecule has 6 heteroatoms. The number of ether oxygens (including phenoxy) is 2. The van der Waals surface area contributed by atoms with Crippen LogP contribution in [-0.4, -0.2) is 37.6 Å². The predicted octanol–water partition coefficient (Wildman–Crippen LogP) is 2.21.